The molecule has 1 saturated carbocycles. The third-order valence-electron chi connectivity index (χ3n) is 4.62. The fourth-order valence-corrected chi connectivity index (χ4v) is 3.45. The Hall–Kier alpha value is -2.05. The summed E-state index contributed by atoms with van der Waals surface area (Å²) in [6.45, 7) is 0.908. The first kappa shape index (κ1) is 14.9. The number of carbonyl (C=O) groups excluding carboxylic acids is 1. The molecule has 22 heavy (non-hydrogen) atoms. The van der Waals surface area contributed by atoms with Crippen molar-refractivity contribution >= 4 is 12.0 Å². The molecule has 7 nitrogen and oxygen atoms in total. The molecule has 2 amide bonds. The highest BCUT2D eigenvalue weighted by atomic mass is 16.4. The van der Waals surface area contributed by atoms with Gasteiger partial charge in [-0.3, -0.25) is 4.68 Å². The highest BCUT2D eigenvalue weighted by Gasteiger charge is 2.30. The molecular formula is C15H22N4O3. The van der Waals surface area contributed by atoms with Gasteiger partial charge in [0, 0.05) is 31.6 Å². The minimum Gasteiger partial charge on any atom is -0.477 e. The highest BCUT2D eigenvalue weighted by molar-refractivity contribution is 5.88. The van der Waals surface area contributed by atoms with Crippen molar-refractivity contribution in [1.29, 1.82) is 0 Å². The van der Waals surface area contributed by atoms with Gasteiger partial charge < -0.3 is 15.3 Å². The Morgan fingerprint density at radius 1 is 1.27 bits per heavy atom. The van der Waals surface area contributed by atoms with Crippen LogP contribution in [0.1, 0.15) is 53.8 Å². The van der Waals surface area contributed by atoms with Crippen LogP contribution in [-0.2, 0) is 20.0 Å². The number of hydrogen-bond donors (Lipinski definition) is 2. The monoisotopic (exact) mass is 306 g/mol. The van der Waals surface area contributed by atoms with Crippen LogP contribution in [0, 0.1) is 0 Å². The van der Waals surface area contributed by atoms with Gasteiger partial charge >= 0.3 is 12.0 Å². The van der Waals surface area contributed by atoms with E-state index in [9.17, 15) is 14.7 Å². The number of nitrogens with zero attached hydrogens (tertiary/aromatic N) is 3. The summed E-state index contributed by atoms with van der Waals surface area (Å²) in [5, 5.41) is 16.7. The van der Waals surface area contributed by atoms with Crippen molar-refractivity contribution in [2.45, 2.75) is 51.1 Å². The van der Waals surface area contributed by atoms with Crippen LogP contribution in [0.4, 0.5) is 4.79 Å². The molecule has 0 saturated heterocycles. The molecule has 7 heteroatoms. The number of hydrogen-bond acceptors (Lipinski definition) is 3. The van der Waals surface area contributed by atoms with Gasteiger partial charge in [-0.15, -0.1) is 0 Å². The minimum absolute atomic E-state index is 0.0854. The lowest BCUT2D eigenvalue weighted by atomic mass is 9.95. The van der Waals surface area contributed by atoms with Crippen LogP contribution in [0.5, 0.6) is 0 Å². The summed E-state index contributed by atoms with van der Waals surface area (Å²) < 4.78 is 1.40. The van der Waals surface area contributed by atoms with Crippen LogP contribution in [0.2, 0.25) is 0 Å². The Morgan fingerprint density at radius 3 is 2.68 bits per heavy atom. The van der Waals surface area contributed by atoms with E-state index in [-0.39, 0.29) is 17.8 Å². The van der Waals surface area contributed by atoms with Crippen molar-refractivity contribution in [3.05, 3.63) is 17.0 Å². The van der Waals surface area contributed by atoms with Gasteiger partial charge in [0.1, 0.15) is 0 Å². The maximum atomic E-state index is 12.4. The van der Waals surface area contributed by atoms with Crippen molar-refractivity contribution in [3.8, 4) is 0 Å². The maximum absolute atomic E-state index is 12.4. The molecule has 0 spiro atoms. The van der Waals surface area contributed by atoms with Gasteiger partial charge in [-0.25, -0.2) is 9.59 Å². The van der Waals surface area contributed by atoms with E-state index in [0.29, 0.717) is 25.1 Å². The predicted octanol–water partition coefficient (Wildman–Crippen LogP) is 1.52. The summed E-state index contributed by atoms with van der Waals surface area (Å²) in [7, 11) is 1.63. The number of carboxylic acids is 1. The zero-order valence-electron chi connectivity index (χ0n) is 12.8. The number of nitrogens with one attached hydrogen (secondary N) is 1. The minimum atomic E-state index is -0.995. The summed E-state index contributed by atoms with van der Waals surface area (Å²) in [4.78, 5) is 25.5. The lowest BCUT2D eigenvalue weighted by molar-refractivity contribution is 0.0682. The standard InChI is InChI=1S/C15H22N4O3/c1-18-13(14(20)21)11-9-19(8-7-12(11)17-18)15(22)16-10-5-3-2-4-6-10/h10H,2-9H2,1H3,(H,16,22)(H,20,21). The largest absolute Gasteiger partial charge is 0.477 e. The Balaban J connectivity index is 1.70. The SMILES string of the molecule is Cn1nc2c(c1C(=O)O)CN(C(=O)NC1CCCCC1)CC2. The number of aromatic nitrogens is 2. The van der Waals surface area contributed by atoms with E-state index < -0.39 is 5.97 Å². The van der Waals surface area contributed by atoms with Crippen LogP contribution < -0.4 is 5.32 Å². The molecule has 2 aliphatic rings. The van der Waals surface area contributed by atoms with Gasteiger partial charge in [0.05, 0.1) is 12.2 Å². The average Bonchev–Trinajstić information content (AvgIpc) is 2.83. The first-order chi connectivity index (χ1) is 10.6. The molecule has 2 heterocycles. The third-order valence-corrected chi connectivity index (χ3v) is 4.62. The topological polar surface area (TPSA) is 87.5 Å². The highest BCUT2D eigenvalue weighted by Crippen LogP contribution is 2.23. The third kappa shape index (κ3) is 2.80. The van der Waals surface area contributed by atoms with Crippen LogP contribution in [0.25, 0.3) is 0 Å². The Kier molecular flexibility index (Phi) is 4.04. The number of urea groups is 1. The molecule has 0 atom stereocenters. The molecule has 2 N–H and O–H groups in total. The first-order valence-corrected chi connectivity index (χ1v) is 7.89. The van der Waals surface area contributed by atoms with Gasteiger partial charge in [0.15, 0.2) is 5.69 Å². The fourth-order valence-electron chi connectivity index (χ4n) is 3.45. The van der Waals surface area contributed by atoms with Gasteiger partial charge in [-0.2, -0.15) is 5.10 Å². The number of amides is 2. The van der Waals surface area contributed by atoms with Crippen LogP contribution >= 0.6 is 0 Å². The number of rotatable bonds is 2. The van der Waals surface area contributed by atoms with Crippen LogP contribution in [0.15, 0.2) is 0 Å². The van der Waals surface area contributed by atoms with Crippen molar-refractivity contribution in [2.24, 2.45) is 7.05 Å². The zero-order valence-corrected chi connectivity index (χ0v) is 12.8. The number of fused-ring (bicyclic) bond motifs is 1. The van der Waals surface area contributed by atoms with E-state index in [0.717, 1.165) is 18.5 Å². The second kappa shape index (κ2) is 5.98. The fraction of sp³-hybridized carbons (Fsp3) is 0.667. The quantitative estimate of drug-likeness (QED) is 0.867. The summed E-state index contributed by atoms with van der Waals surface area (Å²) in [5.41, 5.74) is 1.65. The first-order valence-electron chi connectivity index (χ1n) is 7.89. The molecule has 3 rings (SSSR count). The Morgan fingerprint density at radius 2 is 2.00 bits per heavy atom. The van der Waals surface area contributed by atoms with Crippen LogP contribution in [0.3, 0.4) is 0 Å². The van der Waals surface area contributed by atoms with Crippen molar-refractivity contribution in [2.75, 3.05) is 6.54 Å². The summed E-state index contributed by atoms with van der Waals surface area (Å²) in [5.74, 6) is -0.995. The average molecular weight is 306 g/mol. The number of carboxylic acid groups (broad SMARTS) is 1. The zero-order chi connectivity index (χ0) is 15.7. The van der Waals surface area contributed by atoms with Gasteiger partial charge in [0.25, 0.3) is 0 Å². The molecule has 1 aromatic heterocycles. The van der Waals surface area contributed by atoms with E-state index in [2.05, 4.69) is 10.4 Å². The van der Waals surface area contributed by atoms with Crippen molar-refractivity contribution in [1.82, 2.24) is 20.0 Å². The Labute approximate surface area is 129 Å². The molecular weight excluding hydrogens is 284 g/mol. The van der Waals surface area contributed by atoms with E-state index in [1.165, 1.54) is 23.9 Å². The second-order valence-corrected chi connectivity index (χ2v) is 6.16. The van der Waals surface area contributed by atoms with Gasteiger partial charge in [-0.1, -0.05) is 19.3 Å². The van der Waals surface area contributed by atoms with Crippen molar-refractivity contribution in [3.63, 3.8) is 0 Å². The lowest BCUT2D eigenvalue weighted by Crippen LogP contribution is -2.47. The van der Waals surface area contributed by atoms with Gasteiger partial charge in [-0.05, 0) is 12.8 Å². The van der Waals surface area contributed by atoms with E-state index in [1.807, 2.05) is 0 Å². The Bertz CT molecular complexity index is 590. The van der Waals surface area contributed by atoms with E-state index in [1.54, 1.807) is 11.9 Å². The lowest BCUT2D eigenvalue weighted by Gasteiger charge is -2.30. The molecule has 1 aliphatic carbocycles. The summed E-state index contributed by atoms with van der Waals surface area (Å²) in [6, 6.07) is 0.174. The molecule has 1 fully saturated rings. The summed E-state index contributed by atoms with van der Waals surface area (Å²) >= 11 is 0. The summed E-state index contributed by atoms with van der Waals surface area (Å²) in [6.07, 6.45) is 6.27. The number of carbonyl (C=O) groups is 2. The molecule has 120 valence electrons. The number of aromatic carboxylic acids is 1. The predicted molar refractivity (Wildman–Crippen MR) is 79.7 cm³/mol. The molecule has 0 aromatic carbocycles. The van der Waals surface area contributed by atoms with Crippen LogP contribution in [-0.4, -0.2) is 44.4 Å². The smallest absolute Gasteiger partial charge is 0.354 e. The van der Waals surface area contributed by atoms with E-state index in [4.69, 9.17) is 0 Å². The van der Waals surface area contributed by atoms with E-state index >= 15 is 0 Å². The second-order valence-electron chi connectivity index (χ2n) is 6.16. The molecule has 0 radical (unpaired) electrons. The molecule has 1 aliphatic heterocycles. The number of aryl methyl sites for hydroxylation is 1. The van der Waals surface area contributed by atoms with Gasteiger partial charge in [0.2, 0.25) is 0 Å². The molecule has 1 aromatic rings. The maximum Gasteiger partial charge on any atom is 0.354 e. The normalized spacial score (nSPS) is 18.9. The molecule has 0 bridgehead atoms. The molecule has 0 unspecified atom stereocenters. The van der Waals surface area contributed by atoms with Crippen molar-refractivity contribution < 1.29 is 14.7 Å².